The molecular formula is C13H17NO3. The van der Waals surface area contributed by atoms with Crippen LogP contribution in [0.5, 0.6) is 5.75 Å². The van der Waals surface area contributed by atoms with Crippen molar-refractivity contribution < 1.29 is 14.6 Å². The van der Waals surface area contributed by atoms with Crippen LogP contribution in [0.1, 0.15) is 12.5 Å². The Hall–Kier alpha value is -1.55. The lowest BCUT2D eigenvalue weighted by atomic mass is 10.1. The largest absolute Gasteiger partial charge is 0.488 e. The summed E-state index contributed by atoms with van der Waals surface area (Å²) in [6, 6.07) is 7.97. The van der Waals surface area contributed by atoms with Crippen LogP contribution in [0.2, 0.25) is 0 Å². The topological polar surface area (TPSA) is 49.8 Å². The normalized spacial score (nSPS) is 17.9. The maximum Gasteiger partial charge on any atom is 0.317 e. The molecule has 0 spiro atoms. The van der Waals surface area contributed by atoms with Gasteiger partial charge in [0.15, 0.2) is 0 Å². The van der Waals surface area contributed by atoms with E-state index in [0.717, 1.165) is 18.7 Å². The maximum absolute atomic E-state index is 10.7. The monoisotopic (exact) mass is 235 g/mol. The van der Waals surface area contributed by atoms with E-state index in [1.807, 2.05) is 30.0 Å². The quantitative estimate of drug-likeness (QED) is 0.838. The molecular weight excluding hydrogens is 218 g/mol. The average molecular weight is 235 g/mol. The molecule has 1 aliphatic heterocycles. The summed E-state index contributed by atoms with van der Waals surface area (Å²) in [6.07, 6.45) is 0.943. The van der Waals surface area contributed by atoms with Gasteiger partial charge < -0.3 is 9.84 Å². The lowest BCUT2D eigenvalue weighted by Crippen LogP contribution is -2.38. The first-order valence-electron chi connectivity index (χ1n) is 5.87. The molecule has 0 bridgehead atoms. The van der Waals surface area contributed by atoms with Crippen LogP contribution in [0, 0.1) is 0 Å². The Morgan fingerprint density at radius 2 is 2.29 bits per heavy atom. The molecule has 2 rings (SSSR count). The molecule has 1 N–H and O–H groups in total. The molecule has 1 aromatic rings. The molecule has 1 unspecified atom stereocenters. The molecule has 0 saturated carbocycles. The average Bonchev–Trinajstić information content (AvgIpc) is 2.69. The van der Waals surface area contributed by atoms with Crippen LogP contribution in [-0.4, -0.2) is 41.7 Å². The summed E-state index contributed by atoms with van der Waals surface area (Å²) in [4.78, 5) is 12.6. The van der Waals surface area contributed by atoms with Crippen molar-refractivity contribution in [1.29, 1.82) is 0 Å². The van der Waals surface area contributed by atoms with Crippen LogP contribution in [0.25, 0.3) is 0 Å². The van der Waals surface area contributed by atoms with Gasteiger partial charge in [0.1, 0.15) is 11.9 Å². The summed E-state index contributed by atoms with van der Waals surface area (Å²) in [5.41, 5.74) is 1.21. The molecule has 0 aliphatic carbocycles. The predicted octanol–water partition coefficient (Wildman–Crippen LogP) is 1.40. The second-order valence-electron chi connectivity index (χ2n) is 4.27. The van der Waals surface area contributed by atoms with Crippen LogP contribution >= 0.6 is 0 Å². The highest BCUT2D eigenvalue weighted by Gasteiger charge is 2.24. The molecule has 0 saturated heterocycles. The Morgan fingerprint density at radius 1 is 1.53 bits per heavy atom. The Labute approximate surface area is 101 Å². The number of ether oxygens (including phenoxy) is 1. The lowest BCUT2D eigenvalue weighted by Gasteiger charge is -2.21. The van der Waals surface area contributed by atoms with Crippen LogP contribution in [0.4, 0.5) is 0 Å². The third kappa shape index (κ3) is 2.97. The van der Waals surface area contributed by atoms with Crippen molar-refractivity contribution in [3.05, 3.63) is 29.8 Å². The third-order valence-corrected chi connectivity index (χ3v) is 2.98. The molecule has 4 nitrogen and oxygen atoms in total. The number of fused-ring (bicyclic) bond motifs is 1. The number of hydrogen-bond acceptors (Lipinski definition) is 3. The van der Waals surface area contributed by atoms with E-state index >= 15 is 0 Å². The minimum Gasteiger partial charge on any atom is -0.488 e. The summed E-state index contributed by atoms with van der Waals surface area (Å²) in [6.45, 7) is 3.43. The van der Waals surface area contributed by atoms with Gasteiger partial charge in [0.05, 0.1) is 6.54 Å². The fraction of sp³-hybridized carbons (Fsp3) is 0.462. The predicted molar refractivity (Wildman–Crippen MR) is 64.3 cm³/mol. The van der Waals surface area contributed by atoms with Crippen molar-refractivity contribution in [3.63, 3.8) is 0 Å². The summed E-state index contributed by atoms with van der Waals surface area (Å²) in [7, 11) is 0. The second kappa shape index (κ2) is 5.19. The van der Waals surface area contributed by atoms with Crippen LogP contribution < -0.4 is 4.74 Å². The van der Waals surface area contributed by atoms with Crippen LogP contribution in [-0.2, 0) is 11.2 Å². The van der Waals surface area contributed by atoms with Crippen molar-refractivity contribution in [2.75, 3.05) is 19.6 Å². The van der Waals surface area contributed by atoms with Gasteiger partial charge in [0.2, 0.25) is 0 Å². The van der Waals surface area contributed by atoms with E-state index in [1.54, 1.807) is 0 Å². The summed E-state index contributed by atoms with van der Waals surface area (Å²) in [5.74, 6) is 0.145. The van der Waals surface area contributed by atoms with E-state index in [-0.39, 0.29) is 12.6 Å². The Balaban J connectivity index is 1.92. The van der Waals surface area contributed by atoms with Gasteiger partial charge in [-0.25, -0.2) is 0 Å². The van der Waals surface area contributed by atoms with Gasteiger partial charge in [-0.05, 0) is 18.2 Å². The first-order chi connectivity index (χ1) is 8.19. The van der Waals surface area contributed by atoms with E-state index in [2.05, 4.69) is 6.07 Å². The third-order valence-electron chi connectivity index (χ3n) is 2.98. The van der Waals surface area contributed by atoms with Crippen LogP contribution in [0.3, 0.4) is 0 Å². The molecule has 0 radical (unpaired) electrons. The summed E-state index contributed by atoms with van der Waals surface area (Å²) < 4.78 is 5.79. The first kappa shape index (κ1) is 11.9. The van der Waals surface area contributed by atoms with E-state index < -0.39 is 5.97 Å². The highest BCUT2D eigenvalue weighted by atomic mass is 16.5. The van der Waals surface area contributed by atoms with E-state index in [9.17, 15) is 4.79 Å². The van der Waals surface area contributed by atoms with Gasteiger partial charge in [0.25, 0.3) is 0 Å². The fourth-order valence-corrected chi connectivity index (χ4v) is 2.14. The molecule has 1 aromatic carbocycles. The van der Waals surface area contributed by atoms with E-state index in [1.165, 1.54) is 5.56 Å². The molecule has 0 amide bonds. The Kier molecular flexibility index (Phi) is 3.64. The number of nitrogens with zero attached hydrogens (tertiary/aromatic N) is 1. The number of hydrogen-bond donors (Lipinski definition) is 1. The number of carbonyl (C=O) groups is 1. The summed E-state index contributed by atoms with van der Waals surface area (Å²) >= 11 is 0. The SMILES string of the molecule is CCN(CC(=O)O)CC1Cc2ccccc2O1. The van der Waals surface area contributed by atoms with Crippen molar-refractivity contribution in [2.24, 2.45) is 0 Å². The van der Waals surface area contributed by atoms with E-state index in [4.69, 9.17) is 9.84 Å². The zero-order valence-corrected chi connectivity index (χ0v) is 9.93. The number of benzene rings is 1. The molecule has 0 fully saturated rings. The van der Waals surface area contributed by atoms with Gasteiger partial charge in [-0.15, -0.1) is 0 Å². The highest BCUT2D eigenvalue weighted by molar-refractivity contribution is 5.69. The zero-order chi connectivity index (χ0) is 12.3. The molecule has 92 valence electrons. The van der Waals surface area contributed by atoms with Crippen molar-refractivity contribution in [2.45, 2.75) is 19.4 Å². The second-order valence-corrected chi connectivity index (χ2v) is 4.27. The molecule has 1 heterocycles. The van der Waals surface area contributed by atoms with E-state index in [0.29, 0.717) is 6.54 Å². The number of carboxylic acids is 1. The Morgan fingerprint density at radius 3 is 2.94 bits per heavy atom. The van der Waals surface area contributed by atoms with Gasteiger partial charge in [0, 0.05) is 13.0 Å². The number of aliphatic carboxylic acids is 1. The first-order valence-corrected chi connectivity index (χ1v) is 5.87. The lowest BCUT2D eigenvalue weighted by molar-refractivity contribution is -0.138. The minimum atomic E-state index is -0.789. The molecule has 4 heteroatoms. The number of rotatable bonds is 5. The summed E-state index contributed by atoms with van der Waals surface area (Å²) in [5, 5.41) is 8.78. The van der Waals surface area contributed by atoms with Gasteiger partial charge in [-0.1, -0.05) is 25.1 Å². The molecule has 0 aromatic heterocycles. The van der Waals surface area contributed by atoms with Crippen molar-refractivity contribution in [3.8, 4) is 5.75 Å². The standard InChI is InChI=1S/C13H17NO3/c1-2-14(9-13(15)16)8-11-7-10-5-3-4-6-12(10)17-11/h3-6,11H,2,7-9H2,1H3,(H,15,16). The van der Waals surface area contributed by atoms with Crippen molar-refractivity contribution in [1.82, 2.24) is 4.90 Å². The maximum atomic E-state index is 10.7. The number of para-hydroxylation sites is 1. The van der Waals surface area contributed by atoms with Gasteiger partial charge >= 0.3 is 5.97 Å². The zero-order valence-electron chi connectivity index (χ0n) is 9.93. The smallest absolute Gasteiger partial charge is 0.317 e. The van der Waals surface area contributed by atoms with Crippen molar-refractivity contribution >= 4 is 5.97 Å². The molecule has 1 aliphatic rings. The van der Waals surface area contributed by atoms with Gasteiger partial charge in [-0.2, -0.15) is 0 Å². The molecule has 17 heavy (non-hydrogen) atoms. The molecule has 1 atom stereocenters. The fourth-order valence-electron chi connectivity index (χ4n) is 2.14. The highest BCUT2D eigenvalue weighted by Crippen LogP contribution is 2.28. The minimum absolute atomic E-state index is 0.0756. The number of carboxylic acid groups (broad SMARTS) is 1. The number of likely N-dealkylation sites (N-methyl/N-ethyl adjacent to an activating group) is 1. The Bertz CT molecular complexity index is 380. The van der Waals surface area contributed by atoms with Crippen LogP contribution in [0.15, 0.2) is 24.3 Å². The van der Waals surface area contributed by atoms with Gasteiger partial charge in [-0.3, -0.25) is 9.69 Å².